The van der Waals surface area contributed by atoms with Crippen molar-refractivity contribution in [1.29, 1.82) is 0 Å². The van der Waals surface area contributed by atoms with Crippen LogP contribution in [-0.4, -0.2) is 44.0 Å². The van der Waals surface area contributed by atoms with Gasteiger partial charge >= 0.3 is 6.18 Å². The molecular formula is C21H17F3N8O3. The number of nitrogens with one attached hydrogen (secondary N) is 1. The van der Waals surface area contributed by atoms with Gasteiger partial charge in [0, 0.05) is 11.1 Å². The fraction of sp³-hybridized carbons (Fsp3) is 0.143. The van der Waals surface area contributed by atoms with E-state index < -0.39 is 17.6 Å². The lowest BCUT2D eigenvalue weighted by Crippen LogP contribution is -2.20. The topological polar surface area (TPSA) is 146 Å². The molecule has 11 nitrogen and oxygen atoms in total. The van der Waals surface area contributed by atoms with E-state index in [1.165, 1.54) is 18.2 Å². The van der Waals surface area contributed by atoms with Crippen LogP contribution in [-0.2, 0) is 6.18 Å². The first-order valence-corrected chi connectivity index (χ1v) is 10.1. The Balaban J connectivity index is 1.70. The van der Waals surface area contributed by atoms with Crippen molar-refractivity contribution in [3.63, 3.8) is 0 Å². The first kappa shape index (κ1) is 23.4. The Morgan fingerprint density at radius 3 is 2.74 bits per heavy atom. The molecule has 35 heavy (non-hydrogen) atoms. The van der Waals surface area contributed by atoms with Gasteiger partial charge in [-0.25, -0.2) is 10.1 Å². The smallest absolute Gasteiger partial charge is 0.417 e. The summed E-state index contributed by atoms with van der Waals surface area (Å²) in [5, 5.41) is 18.7. The molecule has 4 aromatic rings. The number of nitrogen functional groups attached to an aromatic ring is 1. The second-order valence-electron chi connectivity index (χ2n) is 6.92. The molecule has 0 aliphatic carbocycles. The Labute approximate surface area is 195 Å². The van der Waals surface area contributed by atoms with E-state index in [-0.39, 0.29) is 28.6 Å². The number of hydrogen-bond donors (Lipinski definition) is 2. The van der Waals surface area contributed by atoms with Gasteiger partial charge in [0.2, 0.25) is 11.6 Å². The van der Waals surface area contributed by atoms with E-state index in [0.717, 1.165) is 17.0 Å². The molecule has 2 aromatic carbocycles. The summed E-state index contributed by atoms with van der Waals surface area (Å²) in [7, 11) is 0. The number of alkyl halides is 3. The third-order valence-electron chi connectivity index (χ3n) is 4.64. The Morgan fingerprint density at radius 2 is 2.03 bits per heavy atom. The second-order valence-corrected chi connectivity index (χ2v) is 6.92. The number of hydrazone groups is 1. The molecular weight excluding hydrogens is 469 g/mol. The number of benzene rings is 2. The number of nitrogens with two attached hydrogens (primary N) is 1. The van der Waals surface area contributed by atoms with Crippen LogP contribution in [0.3, 0.4) is 0 Å². The zero-order valence-electron chi connectivity index (χ0n) is 18.0. The highest BCUT2D eigenvalue weighted by molar-refractivity contribution is 5.99. The van der Waals surface area contributed by atoms with Crippen LogP contribution in [0.5, 0.6) is 5.75 Å². The van der Waals surface area contributed by atoms with Crippen molar-refractivity contribution in [3.05, 3.63) is 65.4 Å². The number of rotatable bonds is 7. The maximum absolute atomic E-state index is 13.2. The standard InChI is InChI=1S/C21H17F3N8O3/c1-2-34-14-8-5-7-12(10-14)17-16(27-31-32(17)19-18(25)29-35-30-19)20(33)28-26-11-13-6-3-4-9-15(13)21(22,23)24/h3-11H,2H2,1H3,(H2,25,29)(H,28,33)/b26-11+. The number of ether oxygens (including phenoxy) is 1. The second kappa shape index (κ2) is 9.62. The number of hydrogen-bond acceptors (Lipinski definition) is 9. The molecule has 0 spiro atoms. The summed E-state index contributed by atoms with van der Waals surface area (Å²) in [6.07, 6.45) is -3.69. The predicted molar refractivity (Wildman–Crippen MR) is 117 cm³/mol. The van der Waals surface area contributed by atoms with Gasteiger partial charge in [-0.3, -0.25) is 4.79 Å². The average molecular weight is 486 g/mol. The van der Waals surface area contributed by atoms with Gasteiger partial charge in [-0.05, 0) is 35.4 Å². The predicted octanol–water partition coefficient (Wildman–Crippen LogP) is 3.08. The normalized spacial score (nSPS) is 11.7. The third-order valence-corrected chi connectivity index (χ3v) is 4.64. The first-order chi connectivity index (χ1) is 16.8. The van der Waals surface area contributed by atoms with Crippen molar-refractivity contribution in [1.82, 2.24) is 30.7 Å². The molecule has 0 radical (unpaired) electrons. The molecule has 14 heteroatoms. The van der Waals surface area contributed by atoms with Gasteiger partial charge in [-0.1, -0.05) is 35.5 Å². The Kier molecular flexibility index (Phi) is 6.44. The summed E-state index contributed by atoms with van der Waals surface area (Å²) < 4.78 is 50.8. The summed E-state index contributed by atoms with van der Waals surface area (Å²) in [6.45, 7) is 2.22. The molecule has 0 aliphatic heterocycles. The van der Waals surface area contributed by atoms with E-state index in [2.05, 4.69) is 35.8 Å². The average Bonchev–Trinajstić information content (AvgIpc) is 3.45. The molecule has 0 fully saturated rings. The molecule has 2 aromatic heterocycles. The van der Waals surface area contributed by atoms with Gasteiger partial charge in [0.05, 0.1) is 18.4 Å². The molecule has 3 N–H and O–H groups in total. The van der Waals surface area contributed by atoms with E-state index in [1.807, 2.05) is 6.92 Å². The van der Waals surface area contributed by atoms with Crippen LogP contribution in [0.4, 0.5) is 19.0 Å². The SMILES string of the molecule is CCOc1cccc(-c2c(C(=O)N/N=C/c3ccccc3C(F)(F)F)nnn2-c2nonc2N)c1. The summed E-state index contributed by atoms with van der Waals surface area (Å²) in [5.41, 5.74) is 7.23. The Bertz CT molecular complexity index is 1380. The van der Waals surface area contributed by atoms with Crippen molar-refractivity contribution < 1.29 is 27.3 Å². The van der Waals surface area contributed by atoms with Gasteiger partial charge in [0.25, 0.3) is 5.91 Å². The summed E-state index contributed by atoms with van der Waals surface area (Å²) in [5.74, 6) is -0.456. The minimum Gasteiger partial charge on any atom is -0.494 e. The summed E-state index contributed by atoms with van der Waals surface area (Å²) in [6, 6.07) is 11.5. The van der Waals surface area contributed by atoms with Crippen LogP contribution < -0.4 is 15.9 Å². The van der Waals surface area contributed by atoms with Crippen molar-refractivity contribution >= 4 is 17.9 Å². The van der Waals surface area contributed by atoms with E-state index in [1.54, 1.807) is 24.3 Å². The number of carbonyl (C=O) groups is 1. The zero-order valence-corrected chi connectivity index (χ0v) is 18.0. The highest BCUT2D eigenvalue weighted by atomic mass is 19.4. The van der Waals surface area contributed by atoms with Gasteiger partial charge in [0.1, 0.15) is 11.4 Å². The maximum Gasteiger partial charge on any atom is 0.417 e. The minimum atomic E-state index is -4.58. The number of anilines is 1. The van der Waals surface area contributed by atoms with E-state index in [4.69, 9.17) is 10.5 Å². The van der Waals surface area contributed by atoms with Crippen LogP contribution >= 0.6 is 0 Å². The Morgan fingerprint density at radius 1 is 1.23 bits per heavy atom. The van der Waals surface area contributed by atoms with Crippen LogP contribution in [0.2, 0.25) is 0 Å². The number of carbonyl (C=O) groups excluding carboxylic acids is 1. The third kappa shape index (κ3) is 4.95. The number of halogens is 3. The summed E-state index contributed by atoms with van der Waals surface area (Å²) >= 11 is 0. The Hall–Kier alpha value is -4.75. The molecule has 0 bridgehead atoms. The van der Waals surface area contributed by atoms with E-state index in [9.17, 15) is 18.0 Å². The molecule has 0 atom stereocenters. The van der Waals surface area contributed by atoms with Gasteiger partial charge in [-0.15, -0.1) is 5.10 Å². The molecule has 4 rings (SSSR count). The summed E-state index contributed by atoms with van der Waals surface area (Å²) in [4.78, 5) is 12.9. The van der Waals surface area contributed by atoms with Crippen LogP contribution in [0.25, 0.3) is 17.1 Å². The van der Waals surface area contributed by atoms with Gasteiger partial charge < -0.3 is 10.5 Å². The molecule has 2 heterocycles. The van der Waals surface area contributed by atoms with Gasteiger partial charge in [-0.2, -0.15) is 23.0 Å². The fourth-order valence-electron chi connectivity index (χ4n) is 3.16. The molecule has 0 unspecified atom stereocenters. The largest absolute Gasteiger partial charge is 0.494 e. The highest BCUT2D eigenvalue weighted by Gasteiger charge is 2.32. The zero-order chi connectivity index (χ0) is 25.0. The van der Waals surface area contributed by atoms with Crippen molar-refractivity contribution in [3.8, 4) is 22.8 Å². The monoisotopic (exact) mass is 486 g/mol. The quantitative estimate of drug-likeness (QED) is 0.299. The number of aromatic nitrogens is 5. The van der Waals surface area contributed by atoms with Crippen LogP contribution in [0.15, 0.2) is 58.3 Å². The minimum absolute atomic E-state index is 0.0176. The number of nitrogens with zero attached hydrogens (tertiary/aromatic N) is 6. The first-order valence-electron chi connectivity index (χ1n) is 10.1. The van der Waals surface area contributed by atoms with Crippen molar-refractivity contribution in [2.45, 2.75) is 13.1 Å². The van der Waals surface area contributed by atoms with E-state index >= 15 is 0 Å². The lowest BCUT2D eigenvalue weighted by Gasteiger charge is -2.09. The van der Waals surface area contributed by atoms with Crippen LogP contribution in [0, 0.1) is 0 Å². The number of amides is 1. The van der Waals surface area contributed by atoms with Gasteiger partial charge in [0.15, 0.2) is 5.69 Å². The molecule has 0 saturated carbocycles. The highest BCUT2D eigenvalue weighted by Crippen LogP contribution is 2.31. The lowest BCUT2D eigenvalue weighted by atomic mass is 10.1. The van der Waals surface area contributed by atoms with E-state index in [0.29, 0.717) is 17.9 Å². The van der Waals surface area contributed by atoms with Crippen molar-refractivity contribution in [2.24, 2.45) is 5.10 Å². The lowest BCUT2D eigenvalue weighted by molar-refractivity contribution is -0.137. The fourth-order valence-corrected chi connectivity index (χ4v) is 3.16. The molecule has 0 saturated heterocycles. The molecule has 1 amide bonds. The van der Waals surface area contributed by atoms with Crippen molar-refractivity contribution in [2.75, 3.05) is 12.3 Å². The van der Waals surface area contributed by atoms with Crippen LogP contribution in [0.1, 0.15) is 28.5 Å². The molecule has 0 aliphatic rings. The maximum atomic E-state index is 13.2. The molecule has 180 valence electrons.